The lowest BCUT2D eigenvalue weighted by Crippen LogP contribution is -2.45. The summed E-state index contributed by atoms with van der Waals surface area (Å²) in [6.45, 7) is 3.46. The van der Waals surface area contributed by atoms with E-state index >= 15 is 0 Å². The molecular weight excluding hydrogens is 358 g/mol. The second-order valence-corrected chi connectivity index (χ2v) is 7.92. The maximum absolute atomic E-state index is 12.6. The smallest absolute Gasteiger partial charge is 0.263 e. The minimum Gasteiger partial charge on any atom is -0.497 e. The zero-order chi connectivity index (χ0) is 19.1. The second-order valence-electron chi connectivity index (χ2n) is 6.83. The van der Waals surface area contributed by atoms with Crippen LogP contribution in [-0.2, 0) is 4.79 Å². The van der Waals surface area contributed by atoms with Crippen LogP contribution in [0.3, 0.4) is 0 Å². The van der Waals surface area contributed by atoms with Crippen LogP contribution in [0.1, 0.15) is 19.8 Å². The molecule has 0 spiro atoms. The lowest BCUT2D eigenvalue weighted by atomic mass is 9.98. The summed E-state index contributed by atoms with van der Waals surface area (Å²) in [7, 11) is 1.68. The molecule has 1 fully saturated rings. The first-order valence-electron chi connectivity index (χ1n) is 9.43. The van der Waals surface area contributed by atoms with Gasteiger partial charge in [-0.05, 0) is 62.1 Å². The summed E-state index contributed by atoms with van der Waals surface area (Å²) in [5.74, 6) is 3.44. The van der Waals surface area contributed by atoms with Gasteiger partial charge >= 0.3 is 0 Å². The summed E-state index contributed by atoms with van der Waals surface area (Å²) in [6, 6.07) is 17.7. The highest BCUT2D eigenvalue weighted by atomic mass is 32.2. The van der Waals surface area contributed by atoms with Gasteiger partial charge in [0.15, 0.2) is 6.10 Å². The zero-order valence-electron chi connectivity index (χ0n) is 16.0. The maximum Gasteiger partial charge on any atom is 0.263 e. The molecule has 2 aromatic rings. The van der Waals surface area contributed by atoms with E-state index in [1.54, 1.807) is 7.11 Å². The number of hydrogen-bond acceptors (Lipinski definition) is 4. The van der Waals surface area contributed by atoms with E-state index in [1.165, 1.54) is 4.90 Å². The van der Waals surface area contributed by atoms with E-state index in [-0.39, 0.29) is 5.91 Å². The molecule has 0 radical (unpaired) electrons. The number of thioether (sulfide) groups is 1. The van der Waals surface area contributed by atoms with Crippen molar-refractivity contribution in [1.29, 1.82) is 0 Å². The lowest BCUT2D eigenvalue weighted by Gasteiger charge is -2.33. The van der Waals surface area contributed by atoms with Crippen LogP contribution in [0, 0.1) is 5.92 Å². The molecule has 1 unspecified atom stereocenters. The Morgan fingerprint density at radius 3 is 2.37 bits per heavy atom. The molecule has 0 aromatic heterocycles. The van der Waals surface area contributed by atoms with Gasteiger partial charge in [-0.3, -0.25) is 4.79 Å². The van der Waals surface area contributed by atoms with E-state index in [1.807, 2.05) is 66.1 Å². The van der Waals surface area contributed by atoms with Gasteiger partial charge in [0.05, 0.1) is 7.11 Å². The quantitative estimate of drug-likeness (QED) is 0.658. The van der Waals surface area contributed by atoms with Crippen molar-refractivity contribution in [2.75, 3.05) is 26.0 Å². The molecular formula is C22H27NO3S. The van der Waals surface area contributed by atoms with Gasteiger partial charge in [0.1, 0.15) is 11.5 Å². The van der Waals surface area contributed by atoms with Gasteiger partial charge in [0, 0.05) is 23.7 Å². The van der Waals surface area contributed by atoms with E-state index in [4.69, 9.17) is 9.47 Å². The molecule has 2 aromatic carbocycles. The van der Waals surface area contributed by atoms with Gasteiger partial charge in [-0.1, -0.05) is 18.2 Å². The molecule has 0 N–H and O–H groups in total. The Labute approximate surface area is 165 Å². The summed E-state index contributed by atoms with van der Waals surface area (Å²) in [5, 5.41) is 0. The Balaban J connectivity index is 1.41. The van der Waals surface area contributed by atoms with Crippen LogP contribution in [0.15, 0.2) is 59.5 Å². The van der Waals surface area contributed by atoms with Crippen LogP contribution in [0.4, 0.5) is 0 Å². The SMILES string of the molecule is COc1ccc(SCC2CCN(C(=O)C(C)Oc3ccccc3)CC2)cc1. The first kappa shape index (κ1) is 19.6. The van der Waals surface area contributed by atoms with Crippen LogP contribution in [-0.4, -0.2) is 42.9 Å². The molecule has 1 atom stereocenters. The number of amides is 1. The van der Waals surface area contributed by atoms with Crippen LogP contribution in [0.2, 0.25) is 0 Å². The van der Waals surface area contributed by atoms with E-state index in [2.05, 4.69) is 12.1 Å². The average molecular weight is 386 g/mol. The number of hydrogen-bond donors (Lipinski definition) is 0. The third kappa shape index (κ3) is 5.67. The molecule has 1 aliphatic rings. The molecule has 0 saturated carbocycles. The van der Waals surface area contributed by atoms with Gasteiger partial charge in [-0.2, -0.15) is 0 Å². The van der Waals surface area contributed by atoms with Gasteiger partial charge < -0.3 is 14.4 Å². The zero-order valence-corrected chi connectivity index (χ0v) is 16.8. The number of piperidine rings is 1. The highest BCUT2D eigenvalue weighted by Crippen LogP contribution is 2.28. The topological polar surface area (TPSA) is 38.8 Å². The molecule has 1 saturated heterocycles. The number of methoxy groups -OCH3 is 1. The fourth-order valence-corrected chi connectivity index (χ4v) is 4.31. The van der Waals surface area contributed by atoms with Crippen LogP contribution < -0.4 is 9.47 Å². The highest BCUT2D eigenvalue weighted by Gasteiger charge is 2.27. The predicted molar refractivity (Wildman–Crippen MR) is 110 cm³/mol. The summed E-state index contributed by atoms with van der Waals surface area (Å²) < 4.78 is 11.0. The fraction of sp³-hybridized carbons (Fsp3) is 0.409. The molecule has 5 heteroatoms. The van der Waals surface area contributed by atoms with Crippen molar-refractivity contribution < 1.29 is 14.3 Å². The normalized spacial score (nSPS) is 16.0. The minimum atomic E-state index is -0.447. The van der Waals surface area contributed by atoms with Crippen molar-refractivity contribution in [2.24, 2.45) is 5.92 Å². The molecule has 0 bridgehead atoms. The first-order chi connectivity index (χ1) is 13.2. The highest BCUT2D eigenvalue weighted by molar-refractivity contribution is 7.99. The third-order valence-electron chi connectivity index (χ3n) is 4.88. The largest absolute Gasteiger partial charge is 0.497 e. The summed E-state index contributed by atoms with van der Waals surface area (Å²) in [5.41, 5.74) is 0. The second kappa shape index (κ2) is 9.70. The van der Waals surface area contributed by atoms with Crippen molar-refractivity contribution in [3.8, 4) is 11.5 Å². The summed E-state index contributed by atoms with van der Waals surface area (Å²) >= 11 is 1.88. The Kier molecular flexibility index (Phi) is 7.04. The summed E-state index contributed by atoms with van der Waals surface area (Å²) in [6.07, 6.45) is 1.65. The van der Waals surface area contributed by atoms with E-state index in [0.717, 1.165) is 43.2 Å². The fourth-order valence-electron chi connectivity index (χ4n) is 3.22. The Hall–Kier alpha value is -2.14. The number of nitrogens with zero attached hydrogens (tertiary/aromatic N) is 1. The standard InChI is InChI=1S/C22H27NO3S/c1-17(26-20-6-4-3-5-7-20)22(24)23-14-12-18(13-15-23)16-27-21-10-8-19(25-2)9-11-21/h3-11,17-18H,12-16H2,1-2H3. The van der Waals surface area contributed by atoms with Crippen molar-refractivity contribution in [3.63, 3.8) is 0 Å². The molecule has 1 heterocycles. The Morgan fingerprint density at radius 1 is 1.07 bits per heavy atom. The van der Waals surface area contributed by atoms with Crippen LogP contribution >= 0.6 is 11.8 Å². The van der Waals surface area contributed by atoms with Crippen molar-refractivity contribution in [2.45, 2.75) is 30.8 Å². The van der Waals surface area contributed by atoms with Crippen LogP contribution in [0.25, 0.3) is 0 Å². The van der Waals surface area contributed by atoms with Crippen molar-refractivity contribution >= 4 is 17.7 Å². The minimum absolute atomic E-state index is 0.0834. The van der Waals surface area contributed by atoms with E-state index < -0.39 is 6.10 Å². The number of para-hydroxylation sites is 1. The molecule has 1 aliphatic heterocycles. The molecule has 27 heavy (non-hydrogen) atoms. The molecule has 1 amide bonds. The maximum atomic E-state index is 12.6. The Morgan fingerprint density at radius 2 is 1.74 bits per heavy atom. The van der Waals surface area contributed by atoms with Gasteiger partial charge in [-0.25, -0.2) is 0 Å². The number of rotatable bonds is 7. The lowest BCUT2D eigenvalue weighted by molar-refractivity contribution is -0.139. The van der Waals surface area contributed by atoms with Crippen LogP contribution in [0.5, 0.6) is 11.5 Å². The van der Waals surface area contributed by atoms with Crippen molar-refractivity contribution in [1.82, 2.24) is 4.90 Å². The Bertz CT molecular complexity index is 712. The monoisotopic (exact) mass is 385 g/mol. The van der Waals surface area contributed by atoms with Crippen molar-refractivity contribution in [3.05, 3.63) is 54.6 Å². The van der Waals surface area contributed by atoms with Gasteiger partial charge in [0.2, 0.25) is 0 Å². The number of ether oxygens (including phenoxy) is 2. The first-order valence-corrected chi connectivity index (χ1v) is 10.4. The van der Waals surface area contributed by atoms with Gasteiger partial charge in [0.25, 0.3) is 5.91 Å². The number of benzene rings is 2. The number of carbonyl (C=O) groups is 1. The predicted octanol–water partition coefficient (Wildman–Crippen LogP) is 4.49. The van der Waals surface area contributed by atoms with E-state index in [0.29, 0.717) is 5.92 Å². The third-order valence-corrected chi connectivity index (χ3v) is 6.12. The molecule has 4 nitrogen and oxygen atoms in total. The number of carbonyl (C=O) groups excluding carboxylic acids is 1. The number of likely N-dealkylation sites (tertiary alicyclic amines) is 1. The summed E-state index contributed by atoms with van der Waals surface area (Å²) in [4.78, 5) is 15.8. The molecule has 3 rings (SSSR count). The average Bonchev–Trinajstić information content (AvgIpc) is 2.73. The van der Waals surface area contributed by atoms with Gasteiger partial charge in [-0.15, -0.1) is 11.8 Å². The van der Waals surface area contributed by atoms with E-state index in [9.17, 15) is 4.79 Å². The molecule has 144 valence electrons. The molecule has 0 aliphatic carbocycles.